The Morgan fingerprint density at radius 3 is 2.50 bits per heavy atom. The first-order valence-corrected chi connectivity index (χ1v) is 7.67. The van der Waals surface area contributed by atoms with E-state index in [1.165, 1.54) is 0 Å². The Morgan fingerprint density at radius 1 is 1.17 bits per heavy atom. The highest BCUT2D eigenvalue weighted by molar-refractivity contribution is 5.94. The van der Waals surface area contributed by atoms with Crippen molar-refractivity contribution < 1.29 is 9.53 Å². The molecule has 0 saturated carbocycles. The van der Waals surface area contributed by atoms with E-state index < -0.39 is 0 Å². The topological polar surface area (TPSA) is 41.6 Å². The van der Waals surface area contributed by atoms with Gasteiger partial charge in [-0.15, -0.1) is 12.4 Å². The first-order chi connectivity index (χ1) is 11.0. The van der Waals surface area contributed by atoms with Crippen LogP contribution in [-0.4, -0.2) is 38.6 Å². The van der Waals surface area contributed by atoms with E-state index in [0.29, 0.717) is 12.1 Å². The van der Waals surface area contributed by atoms with Crippen LogP contribution in [0.3, 0.4) is 0 Å². The molecular formula is C19H25ClN2O2. The highest BCUT2D eigenvalue weighted by atomic mass is 35.5. The van der Waals surface area contributed by atoms with Crippen molar-refractivity contribution >= 4 is 18.3 Å². The first-order valence-electron chi connectivity index (χ1n) is 7.67. The van der Waals surface area contributed by atoms with E-state index in [0.717, 1.165) is 16.9 Å². The standard InChI is InChI=1S/C19H24N2O2.ClH/c1-14-8-7-9-15(12-14)19(22)20-13-17(21(2)3)16-10-5-6-11-18(16)23-4;/h5-12,17H,13H2,1-4H3,(H,20,22);1H. The second-order valence-corrected chi connectivity index (χ2v) is 5.80. The summed E-state index contributed by atoms with van der Waals surface area (Å²) in [4.78, 5) is 14.4. The number of amides is 1. The van der Waals surface area contributed by atoms with Gasteiger partial charge in [0.2, 0.25) is 0 Å². The molecule has 5 heteroatoms. The van der Waals surface area contributed by atoms with Gasteiger partial charge in [0.1, 0.15) is 5.75 Å². The summed E-state index contributed by atoms with van der Waals surface area (Å²) in [5.74, 6) is 0.770. The van der Waals surface area contributed by atoms with Crippen molar-refractivity contribution in [3.63, 3.8) is 0 Å². The van der Waals surface area contributed by atoms with Crippen molar-refractivity contribution in [2.75, 3.05) is 27.7 Å². The third-order valence-corrected chi connectivity index (χ3v) is 3.86. The number of nitrogens with zero attached hydrogens (tertiary/aromatic N) is 1. The summed E-state index contributed by atoms with van der Waals surface area (Å²) in [6.45, 7) is 2.49. The molecule has 0 fully saturated rings. The predicted molar refractivity (Wildman–Crippen MR) is 100 cm³/mol. The Morgan fingerprint density at radius 2 is 1.88 bits per heavy atom. The maximum absolute atomic E-state index is 12.3. The number of hydrogen-bond acceptors (Lipinski definition) is 3. The SMILES string of the molecule is COc1ccccc1C(CNC(=O)c1cccc(C)c1)N(C)C.Cl. The molecule has 0 radical (unpaired) electrons. The van der Waals surface area contributed by atoms with Gasteiger partial charge < -0.3 is 15.0 Å². The molecule has 24 heavy (non-hydrogen) atoms. The number of halogens is 1. The molecule has 2 aromatic rings. The highest BCUT2D eigenvalue weighted by Gasteiger charge is 2.19. The van der Waals surface area contributed by atoms with Crippen molar-refractivity contribution in [1.82, 2.24) is 10.2 Å². The third kappa shape index (κ3) is 4.98. The van der Waals surface area contributed by atoms with Gasteiger partial charge in [0.05, 0.1) is 13.2 Å². The molecule has 2 rings (SSSR count). The molecule has 0 aromatic heterocycles. The molecule has 130 valence electrons. The number of benzene rings is 2. The van der Waals surface area contributed by atoms with E-state index >= 15 is 0 Å². The summed E-state index contributed by atoms with van der Waals surface area (Å²) in [5.41, 5.74) is 2.82. The summed E-state index contributed by atoms with van der Waals surface area (Å²) in [5, 5.41) is 3.02. The zero-order valence-electron chi connectivity index (χ0n) is 14.6. The number of rotatable bonds is 6. The third-order valence-electron chi connectivity index (χ3n) is 3.86. The fourth-order valence-corrected chi connectivity index (χ4v) is 2.59. The van der Waals surface area contributed by atoms with Crippen LogP contribution < -0.4 is 10.1 Å². The molecule has 0 heterocycles. The Balaban J connectivity index is 0.00000288. The maximum Gasteiger partial charge on any atom is 0.251 e. The van der Waals surface area contributed by atoms with Gasteiger partial charge in [-0.2, -0.15) is 0 Å². The van der Waals surface area contributed by atoms with Gasteiger partial charge in [-0.05, 0) is 39.2 Å². The molecule has 0 aliphatic heterocycles. The lowest BCUT2D eigenvalue weighted by atomic mass is 10.0. The molecule has 0 bridgehead atoms. The van der Waals surface area contributed by atoms with E-state index in [4.69, 9.17) is 4.74 Å². The van der Waals surface area contributed by atoms with E-state index in [-0.39, 0.29) is 24.4 Å². The van der Waals surface area contributed by atoms with Crippen LogP contribution in [0.2, 0.25) is 0 Å². The fourth-order valence-electron chi connectivity index (χ4n) is 2.59. The minimum Gasteiger partial charge on any atom is -0.496 e. The fraction of sp³-hybridized carbons (Fsp3) is 0.316. The predicted octanol–water partition coefficient (Wildman–Crippen LogP) is 3.46. The quantitative estimate of drug-likeness (QED) is 0.869. The smallest absolute Gasteiger partial charge is 0.251 e. The molecule has 2 aromatic carbocycles. The van der Waals surface area contributed by atoms with Gasteiger partial charge in [0.25, 0.3) is 5.91 Å². The Bertz CT molecular complexity index is 674. The van der Waals surface area contributed by atoms with Gasteiger partial charge in [0.15, 0.2) is 0 Å². The van der Waals surface area contributed by atoms with Crippen LogP contribution in [0, 0.1) is 6.92 Å². The molecule has 0 aliphatic rings. The monoisotopic (exact) mass is 348 g/mol. The van der Waals surface area contributed by atoms with Crippen LogP contribution >= 0.6 is 12.4 Å². The van der Waals surface area contributed by atoms with E-state index in [9.17, 15) is 4.79 Å². The number of aryl methyl sites for hydroxylation is 1. The molecule has 0 aliphatic carbocycles. The second kappa shape index (κ2) is 9.30. The van der Waals surface area contributed by atoms with Crippen LogP contribution in [0.15, 0.2) is 48.5 Å². The van der Waals surface area contributed by atoms with Crippen LogP contribution in [0.1, 0.15) is 27.5 Å². The van der Waals surface area contributed by atoms with Crippen molar-refractivity contribution in [2.24, 2.45) is 0 Å². The number of methoxy groups -OCH3 is 1. The van der Waals surface area contributed by atoms with Crippen molar-refractivity contribution in [3.8, 4) is 5.75 Å². The van der Waals surface area contributed by atoms with Gasteiger partial charge in [-0.1, -0.05) is 35.9 Å². The molecule has 1 unspecified atom stereocenters. The number of likely N-dealkylation sites (N-methyl/N-ethyl adjacent to an activating group) is 1. The maximum atomic E-state index is 12.3. The molecule has 4 nitrogen and oxygen atoms in total. The Hall–Kier alpha value is -2.04. The normalized spacial score (nSPS) is 11.5. The first kappa shape index (κ1) is 20.0. The summed E-state index contributed by atoms with van der Waals surface area (Å²) >= 11 is 0. The lowest BCUT2D eigenvalue weighted by Gasteiger charge is -2.26. The minimum atomic E-state index is -0.0598. The minimum absolute atomic E-state index is 0. The number of carbonyl (C=O) groups excluding carboxylic acids is 1. The highest BCUT2D eigenvalue weighted by Crippen LogP contribution is 2.27. The molecule has 1 atom stereocenters. The van der Waals surface area contributed by atoms with E-state index in [2.05, 4.69) is 10.2 Å². The van der Waals surface area contributed by atoms with Crippen molar-refractivity contribution in [1.29, 1.82) is 0 Å². The number of para-hydroxylation sites is 1. The largest absolute Gasteiger partial charge is 0.496 e. The van der Waals surface area contributed by atoms with Crippen LogP contribution in [0.4, 0.5) is 0 Å². The molecule has 0 spiro atoms. The number of ether oxygens (including phenoxy) is 1. The summed E-state index contributed by atoms with van der Waals surface area (Å²) in [6.07, 6.45) is 0. The van der Waals surface area contributed by atoms with Gasteiger partial charge in [0, 0.05) is 17.7 Å². The van der Waals surface area contributed by atoms with Crippen LogP contribution in [0.25, 0.3) is 0 Å². The van der Waals surface area contributed by atoms with Crippen molar-refractivity contribution in [3.05, 3.63) is 65.2 Å². The van der Waals surface area contributed by atoms with E-state index in [1.54, 1.807) is 7.11 Å². The van der Waals surface area contributed by atoms with Crippen LogP contribution in [-0.2, 0) is 0 Å². The average molecular weight is 349 g/mol. The Kier molecular flexibility index (Phi) is 7.75. The molecule has 1 amide bonds. The zero-order chi connectivity index (χ0) is 16.8. The van der Waals surface area contributed by atoms with Crippen molar-refractivity contribution in [2.45, 2.75) is 13.0 Å². The second-order valence-electron chi connectivity index (χ2n) is 5.80. The lowest BCUT2D eigenvalue weighted by molar-refractivity contribution is 0.0941. The summed E-state index contributed by atoms with van der Waals surface area (Å²) in [6, 6.07) is 15.5. The summed E-state index contributed by atoms with van der Waals surface area (Å²) in [7, 11) is 5.66. The van der Waals surface area contributed by atoms with Gasteiger partial charge >= 0.3 is 0 Å². The average Bonchev–Trinajstić information content (AvgIpc) is 2.55. The number of carbonyl (C=O) groups is 1. The number of hydrogen-bond donors (Lipinski definition) is 1. The van der Waals surface area contributed by atoms with Gasteiger partial charge in [-0.25, -0.2) is 0 Å². The molecule has 1 N–H and O–H groups in total. The number of nitrogens with one attached hydrogen (secondary N) is 1. The van der Waals surface area contributed by atoms with Crippen LogP contribution in [0.5, 0.6) is 5.75 Å². The van der Waals surface area contributed by atoms with E-state index in [1.807, 2.05) is 69.6 Å². The molecule has 0 saturated heterocycles. The Labute approximate surface area is 150 Å². The zero-order valence-corrected chi connectivity index (χ0v) is 15.4. The molecular weight excluding hydrogens is 324 g/mol. The summed E-state index contributed by atoms with van der Waals surface area (Å²) < 4.78 is 5.44. The van der Waals surface area contributed by atoms with Gasteiger partial charge in [-0.3, -0.25) is 4.79 Å². The lowest BCUT2D eigenvalue weighted by Crippen LogP contribution is -2.34.